The normalized spacial score (nSPS) is 26.2. The van der Waals surface area contributed by atoms with E-state index in [1.807, 2.05) is 25.7 Å². The van der Waals surface area contributed by atoms with E-state index in [0.29, 0.717) is 13.1 Å². The van der Waals surface area contributed by atoms with Crippen LogP contribution in [0, 0.1) is 5.92 Å². The number of hydrogen-bond acceptors (Lipinski definition) is 3. The number of hydrogen-bond donors (Lipinski definition) is 1. The molecule has 0 bridgehead atoms. The zero-order chi connectivity index (χ0) is 12.1. The molecule has 0 saturated carbocycles. The lowest BCUT2D eigenvalue weighted by Gasteiger charge is -2.37. The van der Waals surface area contributed by atoms with Crippen molar-refractivity contribution in [1.82, 2.24) is 4.90 Å². The van der Waals surface area contributed by atoms with Gasteiger partial charge in [-0.15, -0.1) is 0 Å². The van der Waals surface area contributed by atoms with Gasteiger partial charge < -0.3 is 14.7 Å². The Kier molecular flexibility index (Phi) is 5.22. The van der Waals surface area contributed by atoms with E-state index in [0.717, 1.165) is 12.8 Å². The van der Waals surface area contributed by atoms with Gasteiger partial charge in [-0.2, -0.15) is 0 Å². The second-order valence-corrected chi connectivity index (χ2v) is 4.51. The standard InChI is InChI=1S/C12H23NO3/c1-4-10(5-2)12(15)13-6-9(3)16-11(7-13)8-14/h9-11,14H,4-8H2,1-3H3. The van der Waals surface area contributed by atoms with E-state index in [1.54, 1.807) is 0 Å². The number of morpholine rings is 1. The summed E-state index contributed by atoms with van der Waals surface area (Å²) in [6.07, 6.45) is 1.56. The Labute approximate surface area is 97.6 Å². The lowest BCUT2D eigenvalue weighted by Crippen LogP contribution is -2.51. The van der Waals surface area contributed by atoms with Crippen molar-refractivity contribution in [3.63, 3.8) is 0 Å². The summed E-state index contributed by atoms with van der Waals surface area (Å²) in [5.74, 6) is 0.322. The summed E-state index contributed by atoms with van der Waals surface area (Å²) in [5, 5.41) is 9.10. The largest absolute Gasteiger partial charge is 0.394 e. The molecule has 2 unspecified atom stereocenters. The number of nitrogens with zero attached hydrogens (tertiary/aromatic N) is 1. The topological polar surface area (TPSA) is 49.8 Å². The van der Waals surface area contributed by atoms with Crippen molar-refractivity contribution in [2.24, 2.45) is 5.92 Å². The van der Waals surface area contributed by atoms with Gasteiger partial charge in [0.15, 0.2) is 0 Å². The molecule has 1 aliphatic heterocycles. The number of carbonyl (C=O) groups excluding carboxylic acids is 1. The number of carbonyl (C=O) groups is 1. The van der Waals surface area contributed by atoms with Crippen molar-refractivity contribution in [3.05, 3.63) is 0 Å². The molecule has 1 N–H and O–H groups in total. The Morgan fingerprint density at radius 1 is 1.44 bits per heavy atom. The van der Waals surface area contributed by atoms with Crippen molar-refractivity contribution in [1.29, 1.82) is 0 Å². The lowest BCUT2D eigenvalue weighted by molar-refractivity contribution is -0.151. The minimum atomic E-state index is -0.220. The van der Waals surface area contributed by atoms with Crippen molar-refractivity contribution >= 4 is 5.91 Å². The van der Waals surface area contributed by atoms with Gasteiger partial charge in [-0.1, -0.05) is 13.8 Å². The fraction of sp³-hybridized carbons (Fsp3) is 0.917. The van der Waals surface area contributed by atoms with E-state index in [2.05, 4.69) is 0 Å². The third-order valence-electron chi connectivity index (χ3n) is 3.18. The van der Waals surface area contributed by atoms with Crippen molar-refractivity contribution in [2.45, 2.75) is 45.8 Å². The van der Waals surface area contributed by atoms with Gasteiger partial charge in [0.1, 0.15) is 0 Å². The van der Waals surface area contributed by atoms with Crippen LogP contribution < -0.4 is 0 Å². The highest BCUT2D eigenvalue weighted by atomic mass is 16.5. The number of aliphatic hydroxyl groups is 1. The molecule has 0 spiro atoms. The maximum atomic E-state index is 12.2. The van der Waals surface area contributed by atoms with Gasteiger partial charge in [0.25, 0.3) is 0 Å². The highest BCUT2D eigenvalue weighted by Crippen LogP contribution is 2.17. The van der Waals surface area contributed by atoms with Crippen LogP contribution in [0.15, 0.2) is 0 Å². The van der Waals surface area contributed by atoms with Crippen LogP contribution in [0.4, 0.5) is 0 Å². The highest BCUT2D eigenvalue weighted by molar-refractivity contribution is 5.78. The molecule has 1 rings (SSSR count). The number of ether oxygens (including phenoxy) is 1. The number of amides is 1. The summed E-state index contributed by atoms with van der Waals surface area (Å²) in [4.78, 5) is 14.0. The highest BCUT2D eigenvalue weighted by Gasteiger charge is 2.30. The second-order valence-electron chi connectivity index (χ2n) is 4.51. The van der Waals surface area contributed by atoms with Crippen molar-refractivity contribution in [3.8, 4) is 0 Å². The molecule has 16 heavy (non-hydrogen) atoms. The average Bonchev–Trinajstić information content (AvgIpc) is 2.29. The molecule has 0 radical (unpaired) electrons. The van der Waals surface area contributed by atoms with Gasteiger partial charge in [-0.3, -0.25) is 4.79 Å². The zero-order valence-electron chi connectivity index (χ0n) is 10.5. The fourth-order valence-corrected chi connectivity index (χ4v) is 2.22. The molecule has 1 heterocycles. The van der Waals surface area contributed by atoms with Gasteiger partial charge in [0, 0.05) is 19.0 Å². The monoisotopic (exact) mass is 229 g/mol. The van der Waals surface area contributed by atoms with Gasteiger partial charge >= 0.3 is 0 Å². The van der Waals surface area contributed by atoms with Crippen LogP contribution in [0.5, 0.6) is 0 Å². The average molecular weight is 229 g/mol. The van der Waals surface area contributed by atoms with Gasteiger partial charge in [0.2, 0.25) is 5.91 Å². The van der Waals surface area contributed by atoms with Crippen LogP contribution in [-0.4, -0.2) is 47.8 Å². The first-order chi connectivity index (χ1) is 7.62. The molecule has 4 nitrogen and oxygen atoms in total. The summed E-state index contributed by atoms with van der Waals surface area (Å²) in [7, 11) is 0. The van der Waals surface area contributed by atoms with Gasteiger partial charge in [0.05, 0.1) is 18.8 Å². The van der Waals surface area contributed by atoms with Gasteiger partial charge in [-0.05, 0) is 19.8 Å². The van der Waals surface area contributed by atoms with Crippen LogP contribution in [0.2, 0.25) is 0 Å². The first-order valence-corrected chi connectivity index (χ1v) is 6.17. The maximum Gasteiger partial charge on any atom is 0.225 e. The van der Waals surface area contributed by atoms with E-state index < -0.39 is 0 Å². The molecule has 1 amide bonds. The SMILES string of the molecule is CCC(CC)C(=O)N1CC(C)OC(CO)C1. The Morgan fingerprint density at radius 2 is 2.06 bits per heavy atom. The van der Waals surface area contributed by atoms with Crippen LogP contribution in [0.1, 0.15) is 33.6 Å². The molecule has 1 saturated heterocycles. The number of aliphatic hydroxyl groups excluding tert-OH is 1. The van der Waals surface area contributed by atoms with Crippen molar-refractivity contribution in [2.75, 3.05) is 19.7 Å². The molecule has 1 fully saturated rings. The number of rotatable bonds is 4. The molecular weight excluding hydrogens is 206 g/mol. The Bertz CT molecular complexity index is 228. The third kappa shape index (κ3) is 3.19. The molecule has 0 aromatic rings. The summed E-state index contributed by atoms with van der Waals surface area (Å²) < 4.78 is 5.52. The first-order valence-electron chi connectivity index (χ1n) is 6.17. The predicted molar refractivity (Wildman–Crippen MR) is 62.1 cm³/mol. The first kappa shape index (κ1) is 13.5. The molecule has 0 aromatic heterocycles. The molecule has 4 heteroatoms. The van der Waals surface area contributed by atoms with E-state index in [9.17, 15) is 4.79 Å². The van der Waals surface area contributed by atoms with Crippen LogP contribution in [-0.2, 0) is 9.53 Å². The van der Waals surface area contributed by atoms with Crippen LogP contribution >= 0.6 is 0 Å². The molecule has 1 aliphatic rings. The van der Waals surface area contributed by atoms with Gasteiger partial charge in [-0.25, -0.2) is 0 Å². The lowest BCUT2D eigenvalue weighted by atomic mass is 10.0. The third-order valence-corrected chi connectivity index (χ3v) is 3.18. The molecule has 94 valence electrons. The zero-order valence-corrected chi connectivity index (χ0v) is 10.5. The minimum Gasteiger partial charge on any atom is -0.394 e. The van der Waals surface area contributed by atoms with E-state index >= 15 is 0 Å². The van der Waals surface area contributed by atoms with Crippen LogP contribution in [0.3, 0.4) is 0 Å². The van der Waals surface area contributed by atoms with E-state index in [1.165, 1.54) is 0 Å². The van der Waals surface area contributed by atoms with E-state index in [4.69, 9.17) is 9.84 Å². The quantitative estimate of drug-likeness (QED) is 0.783. The molecule has 2 atom stereocenters. The summed E-state index contributed by atoms with van der Waals surface area (Å²) in [6, 6.07) is 0. The maximum absolute atomic E-state index is 12.2. The Balaban J connectivity index is 2.60. The molecule has 0 aromatic carbocycles. The fourth-order valence-electron chi connectivity index (χ4n) is 2.22. The predicted octanol–water partition coefficient (Wildman–Crippen LogP) is 1.03. The smallest absolute Gasteiger partial charge is 0.225 e. The summed E-state index contributed by atoms with van der Waals surface area (Å²) in [6.45, 7) is 7.17. The van der Waals surface area contributed by atoms with Crippen LogP contribution in [0.25, 0.3) is 0 Å². The Hall–Kier alpha value is -0.610. The summed E-state index contributed by atoms with van der Waals surface area (Å²) in [5.41, 5.74) is 0. The second kappa shape index (κ2) is 6.21. The molecule has 0 aliphatic carbocycles. The summed E-state index contributed by atoms with van der Waals surface area (Å²) >= 11 is 0. The molecular formula is C12H23NO3. The van der Waals surface area contributed by atoms with Crippen molar-refractivity contribution < 1.29 is 14.6 Å². The van der Waals surface area contributed by atoms with E-state index in [-0.39, 0.29) is 30.6 Å². The Morgan fingerprint density at radius 3 is 2.56 bits per heavy atom. The minimum absolute atomic E-state index is 0.0168.